The van der Waals surface area contributed by atoms with Crippen molar-refractivity contribution in [2.75, 3.05) is 5.33 Å². The molecule has 0 amide bonds. The number of hydrogen-bond acceptors (Lipinski definition) is 4. The van der Waals surface area contributed by atoms with Gasteiger partial charge in [0.1, 0.15) is 0 Å². The summed E-state index contributed by atoms with van der Waals surface area (Å²) >= 11 is 21.0. The Morgan fingerprint density at radius 2 is 0.870 bits per heavy atom. The molecule has 0 spiro atoms. The number of hydrogen-bond donors (Lipinski definition) is 0. The lowest BCUT2D eigenvalue weighted by molar-refractivity contribution is 0.0963. The molecule has 0 saturated carbocycles. The summed E-state index contributed by atoms with van der Waals surface area (Å²) in [5, 5.41) is 2.45. The molecule has 5 aromatic heterocycles. The molecule has 69 heavy (non-hydrogen) atoms. The molecule has 13 heteroatoms. The van der Waals surface area contributed by atoms with Crippen LogP contribution in [-0.4, -0.2) is 50.5 Å². The number of alkyl halides is 1. The van der Waals surface area contributed by atoms with Crippen LogP contribution in [0, 0.1) is 41.5 Å². The quantitative estimate of drug-likeness (QED) is 0.0953. The van der Waals surface area contributed by atoms with Crippen LogP contribution in [0.4, 0.5) is 0 Å². The maximum atomic E-state index is 12.5. The van der Waals surface area contributed by atoms with E-state index in [0.29, 0.717) is 33.5 Å². The Hall–Kier alpha value is -6.17. The van der Waals surface area contributed by atoms with Crippen LogP contribution < -0.4 is 0 Å². The number of carbonyl (C=O) groups excluding carboxylic acids is 3. The normalized spacial score (nSPS) is 11.0. The van der Waals surface area contributed by atoms with Crippen LogP contribution in [0.25, 0.3) is 17.1 Å². The van der Waals surface area contributed by atoms with Crippen molar-refractivity contribution in [3.8, 4) is 17.1 Å². The Bertz CT molecular complexity index is 2840. The first-order chi connectivity index (χ1) is 32.2. The summed E-state index contributed by atoms with van der Waals surface area (Å²) in [5.41, 5.74) is 11.2. The zero-order chi connectivity index (χ0) is 48.2. The average molecular weight is 1050 g/mol. The molecule has 0 N–H and O–H groups in total. The second-order valence-corrected chi connectivity index (χ2v) is 17.7. The molecule has 0 radical (unpaired) electrons. The van der Waals surface area contributed by atoms with Gasteiger partial charge in [-0.1, -0.05) is 89.9 Å². The first-order valence-corrected chi connectivity index (χ1v) is 23.8. The summed E-state index contributed by atoms with van der Waals surface area (Å²) < 4.78 is 9.87. The summed E-state index contributed by atoms with van der Waals surface area (Å²) in [6.45, 7) is 12.5. The third-order valence-corrected chi connectivity index (χ3v) is 12.4. The van der Waals surface area contributed by atoms with Crippen molar-refractivity contribution in [3.63, 3.8) is 0 Å². The summed E-state index contributed by atoms with van der Waals surface area (Å²) in [5.74, 6) is 0.291. The average Bonchev–Trinajstić information content (AvgIpc) is 4.20. The molecule has 1 aliphatic rings. The highest BCUT2D eigenvalue weighted by Gasteiger charge is 2.19. The third-order valence-electron chi connectivity index (χ3n) is 11.1. The number of imidazole rings is 1. The van der Waals surface area contributed by atoms with Crippen molar-refractivity contribution in [3.05, 3.63) is 224 Å². The summed E-state index contributed by atoms with van der Waals surface area (Å²) in [6.07, 6.45) is 18.4. The van der Waals surface area contributed by atoms with Gasteiger partial charge in [0, 0.05) is 108 Å². The third kappa shape index (κ3) is 14.2. The molecular weight excluding hydrogens is 991 g/mol. The van der Waals surface area contributed by atoms with E-state index in [-0.39, 0.29) is 32.2 Å². The van der Waals surface area contributed by atoms with Gasteiger partial charge in [0.15, 0.2) is 17.3 Å². The van der Waals surface area contributed by atoms with Crippen LogP contribution in [0.1, 0.15) is 86.5 Å². The Morgan fingerprint density at radius 1 is 0.522 bits per heavy atom. The number of aryl methyl sites for hydroxylation is 3. The number of ketones is 3. The van der Waals surface area contributed by atoms with Crippen LogP contribution in [0.15, 0.2) is 159 Å². The standard InChI is InChI=1S/C18H17ClN2O.C17H16ClN3O.C14H13BrClNO.C5H6.2CH4/c1-13-11-17(18(22)12-20-9-3-4-10-20)14(2)21(13)16-7-5-15(19)6-8-16;1-12-9-16(17(22)10-20-8-7-19-11-20)13(2)21(12)15-5-3-14(18)4-6-15;1-9-7-13(14(18)8-15)10(2)17(9)12-5-3-11(16)4-6-12;1-2-4-5-3-1;;/h3-11H,12H2,1-2H3;3-9,11H,10H2,1-2H3;3-7H,8H2,1-2H3;1-4H,5H2;2*1H4. The van der Waals surface area contributed by atoms with Gasteiger partial charge in [0.25, 0.3) is 0 Å². The molecule has 1 aliphatic carbocycles. The minimum atomic E-state index is 0. The molecule has 0 atom stereocenters. The predicted octanol–water partition coefficient (Wildman–Crippen LogP) is 15.4. The monoisotopic (exact) mass is 1050 g/mol. The van der Waals surface area contributed by atoms with E-state index in [1.807, 2.05) is 162 Å². The van der Waals surface area contributed by atoms with Gasteiger partial charge in [-0.05, 0) is 151 Å². The predicted molar refractivity (Wildman–Crippen MR) is 291 cm³/mol. The fourth-order valence-corrected chi connectivity index (χ4v) is 8.60. The number of Topliss-reactive ketones (excluding diaryl/α,β-unsaturated/α-hetero) is 3. The Morgan fingerprint density at radius 3 is 1.17 bits per heavy atom. The molecular formula is C56H60BrCl3N6O3. The van der Waals surface area contributed by atoms with Gasteiger partial charge in [-0.15, -0.1) is 0 Å². The first-order valence-electron chi connectivity index (χ1n) is 21.5. The van der Waals surface area contributed by atoms with E-state index in [0.717, 1.165) is 74.3 Å². The van der Waals surface area contributed by atoms with Crippen LogP contribution in [0.2, 0.25) is 15.1 Å². The molecule has 9 rings (SSSR count). The first kappa shape index (κ1) is 55.4. The molecule has 0 bridgehead atoms. The number of rotatable bonds is 11. The van der Waals surface area contributed by atoms with Crippen molar-refractivity contribution >= 4 is 68.1 Å². The van der Waals surface area contributed by atoms with E-state index < -0.39 is 0 Å². The van der Waals surface area contributed by atoms with Crippen molar-refractivity contribution < 1.29 is 14.4 Å². The van der Waals surface area contributed by atoms with E-state index >= 15 is 0 Å². The minimum Gasteiger partial charge on any atom is -0.347 e. The smallest absolute Gasteiger partial charge is 0.184 e. The van der Waals surface area contributed by atoms with E-state index in [2.05, 4.69) is 58.9 Å². The SMILES string of the molecule is C.C.C1=CCC=C1.Cc1cc(C(=O)CBr)c(C)n1-c1ccc(Cl)cc1.Cc1cc(C(=O)Cn2cccc2)c(C)n1-c1ccc(Cl)cc1.Cc1cc(C(=O)Cn2ccnc2)c(C)n1-c1ccc(Cl)cc1. The highest BCUT2D eigenvalue weighted by Crippen LogP contribution is 2.26. The van der Waals surface area contributed by atoms with Gasteiger partial charge >= 0.3 is 0 Å². The lowest BCUT2D eigenvalue weighted by atomic mass is 10.1. The van der Waals surface area contributed by atoms with Crippen molar-refractivity contribution in [2.24, 2.45) is 0 Å². The van der Waals surface area contributed by atoms with Crippen LogP contribution in [0.3, 0.4) is 0 Å². The van der Waals surface area contributed by atoms with Gasteiger partial charge in [-0.2, -0.15) is 0 Å². The topological polar surface area (TPSA) is 88.8 Å². The van der Waals surface area contributed by atoms with E-state index in [9.17, 15) is 14.4 Å². The van der Waals surface area contributed by atoms with Crippen LogP contribution in [0.5, 0.6) is 0 Å². The largest absolute Gasteiger partial charge is 0.347 e. The molecule has 0 aliphatic heterocycles. The Kier molecular flexibility index (Phi) is 20.9. The summed E-state index contributed by atoms with van der Waals surface area (Å²) in [7, 11) is 0. The van der Waals surface area contributed by atoms with Gasteiger partial charge < -0.3 is 22.8 Å². The highest BCUT2D eigenvalue weighted by atomic mass is 79.9. The Labute approximate surface area is 430 Å². The Balaban J connectivity index is 0.000000212. The molecule has 3 aromatic carbocycles. The maximum Gasteiger partial charge on any atom is 0.184 e. The summed E-state index contributed by atoms with van der Waals surface area (Å²) in [4.78, 5) is 40.8. The van der Waals surface area contributed by atoms with Gasteiger partial charge in [-0.3, -0.25) is 14.4 Å². The fraction of sp³-hybridized carbons (Fsp3) is 0.214. The number of halogens is 4. The van der Waals surface area contributed by atoms with Crippen molar-refractivity contribution in [1.82, 2.24) is 27.8 Å². The summed E-state index contributed by atoms with van der Waals surface area (Å²) in [6, 6.07) is 32.5. The molecule has 8 aromatic rings. The molecule has 360 valence electrons. The number of nitrogens with zero attached hydrogens (tertiary/aromatic N) is 6. The lowest BCUT2D eigenvalue weighted by Crippen LogP contribution is -2.10. The molecule has 5 heterocycles. The maximum absolute atomic E-state index is 12.5. The number of benzene rings is 3. The number of aromatic nitrogens is 6. The van der Waals surface area contributed by atoms with Crippen LogP contribution in [-0.2, 0) is 13.1 Å². The van der Waals surface area contributed by atoms with Gasteiger partial charge in [-0.25, -0.2) is 4.98 Å². The molecule has 0 saturated heterocycles. The van der Waals surface area contributed by atoms with Gasteiger partial charge in [0.2, 0.25) is 0 Å². The lowest BCUT2D eigenvalue weighted by Gasteiger charge is -2.10. The zero-order valence-corrected chi connectivity index (χ0v) is 42.1. The molecule has 9 nitrogen and oxygen atoms in total. The van der Waals surface area contributed by atoms with Crippen LogP contribution >= 0.6 is 50.7 Å². The van der Waals surface area contributed by atoms with E-state index in [4.69, 9.17) is 34.8 Å². The molecule has 0 unspecified atom stereocenters. The highest BCUT2D eigenvalue weighted by molar-refractivity contribution is 9.09. The number of carbonyl (C=O) groups is 3. The second-order valence-electron chi connectivity index (χ2n) is 15.9. The van der Waals surface area contributed by atoms with Crippen molar-refractivity contribution in [2.45, 2.75) is 75.9 Å². The molecule has 0 fully saturated rings. The minimum absolute atomic E-state index is 0. The second kappa shape index (κ2) is 26.0. The zero-order valence-electron chi connectivity index (χ0n) is 38.3. The fourth-order valence-electron chi connectivity index (χ4n) is 7.92. The number of allylic oxidation sites excluding steroid dienone is 4. The van der Waals surface area contributed by atoms with Gasteiger partial charge in [0.05, 0.1) is 24.7 Å². The van der Waals surface area contributed by atoms with Crippen molar-refractivity contribution in [1.29, 1.82) is 0 Å². The van der Waals surface area contributed by atoms with E-state index in [1.165, 1.54) is 0 Å². The van der Waals surface area contributed by atoms with E-state index in [1.54, 1.807) is 23.3 Å².